The Morgan fingerprint density at radius 2 is 1.92 bits per heavy atom. The van der Waals surface area contributed by atoms with Crippen molar-refractivity contribution in [3.63, 3.8) is 0 Å². The Bertz CT molecular complexity index is 821. The van der Waals surface area contributed by atoms with E-state index in [1.165, 1.54) is 6.26 Å². The summed E-state index contributed by atoms with van der Waals surface area (Å²) in [5.74, 6) is 4.03. The lowest BCUT2D eigenvalue weighted by atomic mass is 10.1. The smallest absolute Gasteiger partial charge is 0.151 e. The minimum absolute atomic E-state index is 0.0610. The Balaban J connectivity index is 1.64. The maximum atomic E-state index is 11.4. The number of nitrogens with zero attached hydrogens (tertiary/aromatic N) is 3. The number of benzene rings is 1. The highest BCUT2D eigenvalue weighted by molar-refractivity contribution is 7.99. The van der Waals surface area contributed by atoms with Gasteiger partial charge < -0.3 is 10.2 Å². The summed E-state index contributed by atoms with van der Waals surface area (Å²) in [4.78, 5) is 10.9. The molecule has 25 heavy (non-hydrogen) atoms. The van der Waals surface area contributed by atoms with Crippen LogP contribution in [0, 0.1) is 0 Å². The fourth-order valence-corrected chi connectivity index (χ4v) is 4.42. The number of nitrogens with one attached hydrogen (secondary N) is 1. The van der Waals surface area contributed by atoms with E-state index in [0.717, 1.165) is 47.4 Å². The first-order chi connectivity index (χ1) is 12.0. The number of hydrogen-bond donors (Lipinski definition) is 1. The molecule has 1 fully saturated rings. The molecule has 2 aromatic rings. The third kappa shape index (κ3) is 5.61. The molecule has 6 nitrogen and oxygen atoms in total. The number of rotatable bonds is 6. The second-order valence-electron chi connectivity index (χ2n) is 6.10. The van der Waals surface area contributed by atoms with E-state index in [-0.39, 0.29) is 5.75 Å². The fraction of sp³-hybridized carbons (Fsp3) is 0.412. The lowest BCUT2D eigenvalue weighted by Gasteiger charge is -2.27. The minimum atomic E-state index is -3.03. The molecule has 0 aliphatic carbocycles. The van der Waals surface area contributed by atoms with Crippen LogP contribution in [0.15, 0.2) is 36.7 Å². The van der Waals surface area contributed by atoms with Crippen LogP contribution in [0.3, 0.4) is 0 Å². The van der Waals surface area contributed by atoms with Gasteiger partial charge in [0.05, 0.1) is 5.75 Å². The van der Waals surface area contributed by atoms with Gasteiger partial charge in [-0.1, -0.05) is 24.3 Å². The second-order valence-corrected chi connectivity index (χ2v) is 9.47. The molecule has 0 saturated carbocycles. The van der Waals surface area contributed by atoms with Crippen molar-refractivity contribution in [3.05, 3.63) is 47.8 Å². The van der Waals surface area contributed by atoms with E-state index in [2.05, 4.69) is 20.2 Å². The Labute approximate surface area is 153 Å². The van der Waals surface area contributed by atoms with E-state index in [0.29, 0.717) is 6.54 Å². The summed E-state index contributed by atoms with van der Waals surface area (Å²) in [7, 11) is -3.03. The quantitative estimate of drug-likeness (QED) is 0.826. The molecule has 1 saturated heterocycles. The average Bonchev–Trinajstić information content (AvgIpc) is 2.60. The van der Waals surface area contributed by atoms with Crippen molar-refractivity contribution < 1.29 is 8.42 Å². The highest BCUT2D eigenvalue weighted by Crippen LogP contribution is 2.19. The zero-order valence-electron chi connectivity index (χ0n) is 14.2. The Hall–Kier alpha value is -1.80. The van der Waals surface area contributed by atoms with Gasteiger partial charge in [-0.3, -0.25) is 0 Å². The lowest BCUT2D eigenvalue weighted by Crippen LogP contribution is -2.33. The summed E-state index contributed by atoms with van der Waals surface area (Å²) in [6.07, 6.45) is 2.83. The minimum Gasteiger partial charge on any atom is -0.366 e. The molecule has 1 aromatic heterocycles. The monoisotopic (exact) mass is 378 g/mol. The van der Waals surface area contributed by atoms with Crippen LogP contribution in [-0.4, -0.2) is 49.2 Å². The molecule has 8 heteroatoms. The second kappa shape index (κ2) is 8.05. The van der Waals surface area contributed by atoms with Crippen LogP contribution < -0.4 is 10.2 Å². The molecule has 0 bridgehead atoms. The first kappa shape index (κ1) is 18.0. The number of aromatic nitrogens is 2. The van der Waals surface area contributed by atoms with Crippen LogP contribution in [-0.2, 0) is 22.1 Å². The van der Waals surface area contributed by atoms with Crippen molar-refractivity contribution in [1.82, 2.24) is 9.97 Å². The summed E-state index contributed by atoms with van der Waals surface area (Å²) in [5, 5.41) is 3.30. The number of thioether (sulfide) groups is 1. The fourth-order valence-electron chi connectivity index (χ4n) is 2.73. The molecular formula is C17H22N4O2S2. The summed E-state index contributed by atoms with van der Waals surface area (Å²) < 4.78 is 22.9. The first-order valence-corrected chi connectivity index (χ1v) is 11.4. The molecule has 134 valence electrons. The van der Waals surface area contributed by atoms with Gasteiger partial charge in [-0.2, -0.15) is 11.8 Å². The molecule has 0 atom stereocenters. The van der Waals surface area contributed by atoms with E-state index in [1.807, 2.05) is 42.1 Å². The number of anilines is 2. The van der Waals surface area contributed by atoms with E-state index >= 15 is 0 Å². The highest BCUT2D eigenvalue weighted by atomic mass is 32.2. The van der Waals surface area contributed by atoms with E-state index < -0.39 is 9.84 Å². The topological polar surface area (TPSA) is 75.2 Å². The molecule has 0 unspecified atom stereocenters. The van der Waals surface area contributed by atoms with Crippen molar-refractivity contribution in [2.75, 3.05) is 41.1 Å². The summed E-state index contributed by atoms with van der Waals surface area (Å²) in [5.41, 5.74) is 1.83. The molecule has 1 N–H and O–H groups in total. The summed E-state index contributed by atoms with van der Waals surface area (Å²) in [6, 6.07) is 9.58. The molecule has 0 spiro atoms. The molecule has 0 radical (unpaired) electrons. The van der Waals surface area contributed by atoms with Gasteiger partial charge in [0, 0.05) is 43.5 Å². The van der Waals surface area contributed by atoms with E-state index in [9.17, 15) is 8.42 Å². The van der Waals surface area contributed by atoms with Crippen molar-refractivity contribution in [1.29, 1.82) is 0 Å². The van der Waals surface area contributed by atoms with Crippen molar-refractivity contribution in [3.8, 4) is 0 Å². The van der Waals surface area contributed by atoms with Gasteiger partial charge in [-0.05, 0) is 11.1 Å². The summed E-state index contributed by atoms with van der Waals surface area (Å²) >= 11 is 1.97. The van der Waals surface area contributed by atoms with Gasteiger partial charge >= 0.3 is 0 Å². The Morgan fingerprint density at radius 1 is 1.16 bits per heavy atom. The van der Waals surface area contributed by atoms with Crippen LogP contribution in [0.25, 0.3) is 0 Å². The van der Waals surface area contributed by atoms with Crippen LogP contribution in [0.1, 0.15) is 11.1 Å². The van der Waals surface area contributed by atoms with Gasteiger partial charge in [0.2, 0.25) is 0 Å². The highest BCUT2D eigenvalue weighted by Gasteiger charge is 2.13. The summed E-state index contributed by atoms with van der Waals surface area (Å²) in [6.45, 7) is 2.60. The maximum absolute atomic E-state index is 11.4. The SMILES string of the molecule is CS(=O)(=O)Cc1cccc(CNc2cc(N3CCSCC3)ncn2)c1. The molecule has 1 aliphatic heterocycles. The number of hydrogen-bond acceptors (Lipinski definition) is 7. The van der Waals surface area contributed by atoms with Gasteiger partial charge in [0.25, 0.3) is 0 Å². The van der Waals surface area contributed by atoms with Gasteiger partial charge in [0.15, 0.2) is 9.84 Å². The molecular weight excluding hydrogens is 356 g/mol. The van der Waals surface area contributed by atoms with Crippen LogP contribution in [0.4, 0.5) is 11.6 Å². The third-order valence-electron chi connectivity index (χ3n) is 3.88. The van der Waals surface area contributed by atoms with E-state index in [1.54, 1.807) is 6.33 Å². The van der Waals surface area contributed by atoms with Crippen LogP contribution in [0.2, 0.25) is 0 Å². The zero-order chi connectivity index (χ0) is 17.7. The lowest BCUT2D eigenvalue weighted by molar-refractivity contribution is 0.601. The van der Waals surface area contributed by atoms with Gasteiger partial charge in [-0.15, -0.1) is 0 Å². The van der Waals surface area contributed by atoms with Crippen LogP contribution in [0.5, 0.6) is 0 Å². The standard InChI is InChI=1S/C17H22N4O2S2/c1-25(22,23)12-15-4-2-3-14(9-15)11-18-16-10-17(20-13-19-16)21-5-7-24-8-6-21/h2-4,9-10,13H,5-8,11-12H2,1H3,(H,18,19,20). The largest absolute Gasteiger partial charge is 0.366 e. The predicted molar refractivity (Wildman–Crippen MR) is 104 cm³/mol. The number of sulfone groups is 1. The Morgan fingerprint density at radius 3 is 2.68 bits per heavy atom. The first-order valence-electron chi connectivity index (χ1n) is 8.14. The van der Waals surface area contributed by atoms with Crippen molar-refractivity contribution >= 4 is 33.2 Å². The molecule has 0 amide bonds. The molecule has 3 rings (SSSR count). The normalized spacial score (nSPS) is 15.2. The van der Waals surface area contributed by atoms with Crippen LogP contribution >= 0.6 is 11.8 Å². The molecule has 1 aliphatic rings. The van der Waals surface area contributed by atoms with Gasteiger partial charge in [-0.25, -0.2) is 18.4 Å². The third-order valence-corrected chi connectivity index (χ3v) is 5.68. The Kier molecular flexibility index (Phi) is 5.80. The predicted octanol–water partition coefficient (Wildman–Crippen LogP) is 2.19. The molecule has 1 aromatic carbocycles. The molecule has 2 heterocycles. The van der Waals surface area contributed by atoms with Gasteiger partial charge in [0.1, 0.15) is 18.0 Å². The zero-order valence-corrected chi connectivity index (χ0v) is 15.8. The average molecular weight is 379 g/mol. The van der Waals surface area contributed by atoms with Crippen molar-refractivity contribution in [2.24, 2.45) is 0 Å². The van der Waals surface area contributed by atoms with Crippen molar-refractivity contribution in [2.45, 2.75) is 12.3 Å². The maximum Gasteiger partial charge on any atom is 0.151 e. The van der Waals surface area contributed by atoms with E-state index in [4.69, 9.17) is 0 Å².